The summed E-state index contributed by atoms with van der Waals surface area (Å²) in [6, 6.07) is 0.781. The molecule has 1 N–H and O–H groups in total. The molecule has 0 amide bonds. The van der Waals surface area contributed by atoms with Crippen molar-refractivity contribution < 1.29 is 0 Å². The summed E-state index contributed by atoms with van der Waals surface area (Å²) in [7, 11) is 0. The Kier molecular flexibility index (Phi) is 4.74. The van der Waals surface area contributed by atoms with E-state index in [4.69, 9.17) is 6.42 Å². The molecule has 0 unspecified atom stereocenters. The average Bonchev–Trinajstić information content (AvgIpc) is 2.67. The van der Waals surface area contributed by atoms with Crippen LogP contribution >= 0.6 is 12.4 Å². The Balaban J connectivity index is 0.000000980. The molecule has 2 fully saturated rings. The Morgan fingerprint density at radius 2 is 1.93 bits per heavy atom. The second-order valence-electron chi connectivity index (χ2n) is 4.12. The van der Waals surface area contributed by atoms with Gasteiger partial charge in [0.25, 0.3) is 0 Å². The molecule has 2 rings (SSSR count). The van der Waals surface area contributed by atoms with Gasteiger partial charge in [-0.25, -0.2) is 0 Å². The fourth-order valence-corrected chi connectivity index (χ4v) is 2.49. The number of nitrogens with one attached hydrogen (secondary N) is 1. The second-order valence-corrected chi connectivity index (χ2v) is 4.12. The molecule has 0 bridgehead atoms. The maximum absolute atomic E-state index is 5.44. The Labute approximate surface area is 92.8 Å². The van der Waals surface area contributed by atoms with Crippen LogP contribution in [0.15, 0.2) is 0 Å². The van der Waals surface area contributed by atoms with Crippen molar-refractivity contribution in [2.24, 2.45) is 5.92 Å². The summed E-state index contributed by atoms with van der Waals surface area (Å²) in [5, 5.41) is 3.38. The van der Waals surface area contributed by atoms with E-state index in [1.807, 2.05) is 0 Å². The summed E-state index contributed by atoms with van der Waals surface area (Å²) in [5.41, 5.74) is 0. The molecule has 3 heteroatoms. The van der Waals surface area contributed by atoms with Gasteiger partial charge < -0.3 is 5.32 Å². The smallest absolute Gasteiger partial charge is 0.0215 e. The third-order valence-corrected chi connectivity index (χ3v) is 3.31. The zero-order valence-corrected chi connectivity index (χ0v) is 9.35. The van der Waals surface area contributed by atoms with Crippen LogP contribution in [0.5, 0.6) is 0 Å². The van der Waals surface area contributed by atoms with Crippen molar-refractivity contribution in [3.8, 4) is 12.3 Å². The third-order valence-electron chi connectivity index (χ3n) is 3.31. The fraction of sp³-hybridized carbons (Fsp3) is 0.818. The molecule has 1 aliphatic heterocycles. The lowest BCUT2D eigenvalue weighted by Gasteiger charge is -2.32. The Morgan fingerprint density at radius 3 is 2.50 bits per heavy atom. The largest absolute Gasteiger partial charge is 0.314 e. The van der Waals surface area contributed by atoms with Crippen molar-refractivity contribution in [1.29, 1.82) is 0 Å². The van der Waals surface area contributed by atoms with Gasteiger partial charge in [0.1, 0.15) is 0 Å². The SMILES string of the molecule is C#C[C@H]1CC[C@@H](N2CCNCC2)C1.Cl. The summed E-state index contributed by atoms with van der Waals surface area (Å²) in [6.07, 6.45) is 9.23. The minimum Gasteiger partial charge on any atom is -0.314 e. The summed E-state index contributed by atoms with van der Waals surface area (Å²) in [4.78, 5) is 2.60. The summed E-state index contributed by atoms with van der Waals surface area (Å²) >= 11 is 0. The summed E-state index contributed by atoms with van der Waals surface area (Å²) in [5.74, 6) is 3.45. The maximum Gasteiger partial charge on any atom is 0.0215 e. The van der Waals surface area contributed by atoms with E-state index in [2.05, 4.69) is 16.1 Å². The van der Waals surface area contributed by atoms with Gasteiger partial charge in [-0.2, -0.15) is 0 Å². The third kappa shape index (κ3) is 2.63. The lowest BCUT2D eigenvalue weighted by molar-refractivity contribution is 0.174. The first-order valence-electron chi connectivity index (χ1n) is 5.31. The van der Waals surface area contributed by atoms with Crippen molar-refractivity contribution >= 4 is 12.4 Å². The Hall–Kier alpha value is -0.230. The van der Waals surface area contributed by atoms with Crippen molar-refractivity contribution in [3.05, 3.63) is 0 Å². The minimum atomic E-state index is 0. The van der Waals surface area contributed by atoms with Crippen molar-refractivity contribution in [2.75, 3.05) is 26.2 Å². The molecule has 80 valence electrons. The van der Waals surface area contributed by atoms with Gasteiger partial charge >= 0.3 is 0 Å². The van der Waals surface area contributed by atoms with Crippen molar-refractivity contribution in [1.82, 2.24) is 10.2 Å². The topological polar surface area (TPSA) is 15.3 Å². The molecular weight excluding hydrogens is 196 g/mol. The molecule has 2 aliphatic rings. The molecule has 1 heterocycles. The van der Waals surface area contributed by atoms with Gasteiger partial charge in [-0.05, 0) is 19.3 Å². The molecule has 14 heavy (non-hydrogen) atoms. The molecule has 1 aliphatic carbocycles. The molecular formula is C11H19ClN2. The summed E-state index contributed by atoms with van der Waals surface area (Å²) < 4.78 is 0. The van der Waals surface area contributed by atoms with Gasteiger partial charge in [0.05, 0.1) is 0 Å². The van der Waals surface area contributed by atoms with Crippen LogP contribution in [-0.2, 0) is 0 Å². The van der Waals surface area contributed by atoms with E-state index in [9.17, 15) is 0 Å². The first kappa shape index (κ1) is 11.8. The quantitative estimate of drug-likeness (QED) is 0.659. The van der Waals surface area contributed by atoms with E-state index in [1.165, 1.54) is 32.4 Å². The Morgan fingerprint density at radius 1 is 1.21 bits per heavy atom. The molecule has 0 aromatic rings. The molecule has 1 saturated carbocycles. The van der Waals surface area contributed by atoms with Gasteiger partial charge in [-0.3, -0.25) is 4.90 Å². The molecule has 0 radical (unpaired) electrons. The van der Waals surface area contributed by atoms with Crippen LogP contribution in [0.2, 0.25) is 0 Å². The van der Waals surface area contributed by atoms with Gasteiger partial charge in [0.2, 0.25) is 0 Å². The van der Waals surface area contributed by atoms with Gasteiger partial charge in [0, 0.05) is 38.1 Å². The van der Waals surface area contributed by atoms with Crippen LogP contribution in [0.4, 0.5) is 0 Å². The highest BCUT2D eigenvalue weighted by atomic mass is 35.5. The van der Waals surface area contributed by atoms with E-state index in [-0.39, 0.29) is 12.4 Å². The number of hydrogen-bond acceptors (Lipinski definition) is 2. The van der Waals surface area contributed by atoms with Crippen LogP contribution in [0, 0.1) is 18.3 Å². The van der Waals surface area contributed by atoms with Crippen molar-refractivity contribution in [2.45, 2.75) is 25.3 Å². The highest BCUT2D eigenvalue weighted by molar-refractivity contribution is 5.85. The zero-order chi connectivity index (χ0) is 9.10. The van der Waals surface area contributed by atoms with E-state index in [0.717, 1.165) is 19.1 Å². The second kappa shape index (κ2) is 5.60. The van der Waals surface area contributed by atoms with Gasteiger partial charge in [0.15, 0.2) is 0 Å². The normalized spacial score (nSPS) is 33.4. The molecule has 1 saturated heterocycles. The molecule has 0 aromatic carbocycles. The molecule has 0 aromatic heterocycles. The minimum absolute atomic E-state index is 0. The number of halogens is 1. The van der Waals surface area contributed by atoms with Gasteiger partial charge in [-0.15, -0.1) is 24.8 Å². The number of hydrogen-bond donors (Lipinski definition) is 1. The van der Waals surface area contributed by atoms with E-state index >= 15 is 0 Å². The highest BCUT2D eigenvalue weighted by Gasteiger charge is 2.28. The summed E-state index contributed by atoms with van der Waals surface area (Å²) in [6.45, 7) is 4.72. The van der Waals surface area contributed by atoms with Gasteiger partial charge in [-0.1, -0.05) is 0 Å². The van der Waals surface area contributed by atoms with Crippen LogP contribution in [0.1, 0.15) is 19.3 Å². The number of piperazine rings is 1. The maximum atomic E-state index is 5.44. The average molecular weight is 215 g/mol. The molecule has 2 nitrogen and oxygen atoms in total. The number of nitrogens with zero attached hydrogens (tertiary/aromatic N) is 1. The van der Waals surface area contributed by atoms with E-state index in [1.54, 1.807) is 0 Å². The van der Waals surface area contributed by atoms with Crippen LogP contribution < -0.4 is 5.32 Å². The number of terminal acetylenes is 1. The lowest BCUT2D eigenvalue weighted by atomic mass is 10.1. The van der Waals surface area contributed by atoms with Crippen molar-refractivity contribution in [3.63, 3.8) is 0 Å². The van der Waals surface area contributed by atoms with Crippen LogP contribution in [-0.4, -0.2) is 37.1 Å². The highest BCUT2D eigenvalue weighted by Crippen LogP contribution is 2.28. The predicted molar refractivity (Wildman–Crippen MR) is 61.7 cm³/mol. The predicted octanol–water partition coefficient (Wildman–Crippen LogP) is 1.12. The zero-order valence-electron chi connectivity index (χ0n) is 8.54. The van der Waals surface area contributed by atoms with E-state index < -0.39 is 0 Å². The first-order valence-corrected chi connectivity index (χ1v) is 5.31. The Bertz CT molecular complexity index is 206. The number of rotatable bonds is 1. The molecule has 2 atom stereocenters. The first-order chi connectivity index (χ1) is 6.40. The van der Waals surface area contributed by atoms with E-state index in [0.29, 0.717) is 5.92 Å². The fourth-order valence-electron chi connectivity index (χ4n) is 2.49. The van der Waals surface area contributed by atoms with Crippen LogP contribution in [0.25, 0.3) is 0 Å². The van der Waals surface area contributed by atoms with Crippen LogP contribution in [0.3, 0.4) is 0 Å². The monoisotopic (exact) mass is 214 g/mol. The standard InChI is InChI=1S/C11H18N2.ClH/c1-2-10-3-4-11(9-10)13-7-5-12-6-8-13;/h1,10-12H,3-9H2;1H/t10-,11+;/m0./s1. The molecule has 0 spiro atoms. The lowest BCUT2D eigenvalue weighted by Crippen LogP contribution is -2.47.